The van der Waals surface area contributed by atoms with Crippen molar-refractivity contribution in [2.45, 2.75) is 5.41 Å². The number of fused-ring (bicyclic) bond motifs is 10. The molecule has 2 aliphatic rings. The molecule has 1 aliphatic heterocycles. The Morgan fingerprint density at radius 2 is 0.938 bits per heavy atom. The average Bonchev–Trinajstić information content (AvgIpc) is 3.45. The van der Waals surface area contributed by atoms with Crippen LogP contribution >= 0.6 is 0 Å². The molecule has 0 fully saturated rings. The molecule has 224 valence electrons. The predicted octanol–water partition coefficient (Wildman–Crippen LogP) is 10.5. The highest BCUT2D eigenvalue weighted by molar-refractivity contribution is 5.95. The second kappa shape index (κ2) is 10.3. The minimum Gasteiger partial charge on any atom is -0.457 e. The third-order valence-electron chi connectivity index (χ3n) is 9.80. The molecule has 4 nitrogen and oxygen atoms in total. The van der Waals surface area contributed by atoms with Gasteiger partial charge < -0.3 is 4.74 Å². The van der Waals surface area contributed by atoms with E-state index in [4.69, 9.17) is 19.7 Å². The largest absolute Gasteiger partial charge is 0.457 e. The lowest BCUT2D eigenvalue weighted by atomic mass is 9.66. The van der Waals surface area contributed by atoms with Crippen LogP contribution < -0.4 is 4.74 Å². The van der Waals surface area contributed by atoms with Crippen LogP contribution in [0.15, 0.2) is 164 Å². The van der Waals surface area contributed by atoms with Gasteiger partial charge in [-0.3, -0.25) is 0 Å². The van der Waals surface area contributed by atoms with Gasteiger partial charge in [-0.05, 0) is 51.2 Å². The van der Waals surface area contributed by atoms with E-state index in [2.05, 4.69) is 133 Å². The number of hydrogen-bond acceptors (Lipinski definition) is 4. The summed E-state index contributed by atoms with van der Waals surface area (Å²) < 4.78 is 6.50. The molecule has 0 unspecified atom stereocenters. The van der Waals surface area contributed by atoms with Crippen molar-refractivity contribution in [2.24, 2.45) is 0 Å². The highest BCUT2D eigenvalue weighted by atomic mass is 16.5. The van der Waals surface area contributed by atoms with Crippen LogP contribution in [0.3, 0.4) is 0 Å². The highest BCUT2D eigenvalue weighted by Gasteiger charge is 2.50. The lowest BCUT2D eigenvalue weighted by Crippen LogP contribution is -2.32. The molecule has 0 bridgehead atoms. The summed E-state index contributed by atoms with van der Waals surface area (Å²) in [5.74, 6) is 3.70. The maximum Gasteiger partial charge on any atom is 0.164 e. The topological polar surface area (TPSA) is 47.9 Å². The molecule has 1 aromatic heterocycles. The Morgan fingerprint density at radius 3 is 1.73 bits per heavy atom. The summed E-state index contributed by atoms with van der Waals surface area (Å²) >= 11 is 0. The monoisotopic (exact) mass is 613 g/mol. The van der Waals surface area contributed by atoms with Crippen molar-refractivity contribution in [1.29, 1.82) is 0 Å². The highest BCUT2D eigenvalue weighted by Crippen LogP contribution is 2.62. The Labute approximate surface area is 278 Å². The summed E-state index contributed by atoms with van der Waals surface area (Å²) in [5, 5.41) is 2.26. The fourth-order valence-electron chi connectivity index (χ4n) is 7.76. The number of aromatic nitrogens is 3. The van der Waals surface area contributed by atoms with E-state index in [1.807, 2.05) is 30.3 Å². The molecule has 2 heterocycles. The van der Waals surface area contributed by atoms with E-state index in [9.17, 15) is 0 Å². The summed E-state index contributed by atoms with van der Waals surface area (Å²) in [6.45, 7) is 0. The van der Waals surface area contributed by atoms with Crippen molar-refractivity contribution < 1.29 is 4.74 Å². The van der Waals surface area contributed by atoms with E-state index in [0.29, 0.717) is 17.5 Å². The van der Waals surface area contributed by atoms with Crippen LogP contribution in [-0.2, 0) is 5.41 Å². The molecular weight excluding hydrogens is 587 g/mol. The number of ether oxygens (including phenoxy) is 1. The van der Waals surface area contributed by atoms with Gasteiger partial charge in [0.05, 0.1) is 5.41 Å². The molecule has 0 radical (unpaired) electrons. The normalized spacial score (nSPS) is 13.3. The van der Waals surface area contributed by atoms with Gasteiger partial charge in [0, 0.05) is 27.8 Å². The maximum absolute atomic E-state index is 6.50. The summed E-state index contributed by atoms with van der Waals surface area (Å²) in [6.07, 6.45) is 0. The number of para-hydroxylation sites is 2. The van der Waals surface area contributed by atoms with Crippen LogP contribution in [0, 0.1) is 0 Å². The second-order valence-corrected chi connectivity index (χ2v) is 12.3. The van der Waals surface area contributed by atoms with Crippen molar-refractivity contribution in [3.8, 4) is 56.8 Å². The van der Waals surface area contributed by atoms with Gasteiger partial charge in [-0.15, -0.1) is 0 Å². The summed E-state index contributed by atoms with van der Waals surface area (Å²) in [5.41, 5.74) is 9.49. The molecular formula is C44H27N3O. The van der Waals surface area contributed by atoms with Gasteiger partial charge in [-0.2, -0.15) is 0 Å². The molecule has 48 heavy (non-hydrogen) atoms. The molecule has 1 aliphatic carbocycles. The fourth-order valence-corrected chi connectivity index (χ4v) is 7.76. The van der Waals surface area contributed by atoms with E-state index in [1.165, 1.54) is 22.3 Å². The SMILES string of the molecule is c1ccc(-c2nc(-c3ccc4c(c3)-c3ccccc3C43c4ccccc4Oc4ccccc43)nc(-c3cccc4ccccc34)n2)cc1. The van der Waals surface area contributed by atoms with Crippen LogP contribution in [0.1, 0.15) is 22.3 Å². The molecule has 10 rings (SSSR count). The van der Waals surface area contributed by atoms with Crippen molar-refractivity contribution in [3.05, 3.63) is 186 Å². The van der Waals surface area contributed by atoms with Crippen molar-refractivity contribution in [2.75, 3.05) is 0 Å². The molecule has 0 saturated carbocycles. The third-order valence-corrected chi connectivity index (χ3v) is 9.80. The molecule has 0 amide bonds. The number of hydrogen-bond donors (Lipinski definition) is 0. The first-order valence-electron chi connectivity index (χ1n) is 16.2. The van der Waals surface area contributed by atoms with Gasteiger partial charge in [0.15, 0.2) is 17.5 Å². The van der Waals surface area contributed by atoms with Crippen molar-refractivity contribution >= 4 is 10.8 Å². The Morgan fingerprint density at radius 1 is 0.375 bits per heavy atom. The van der Waals surface area contributed by atoms with Gasteiger partial charge in [-0.25, -0.2) is 15.0 Å². The first kappa shape index (κ1) is 26.8. The maximum atomic E-state index is 6.50. The summed E-state index contributed by atoms with van der Waals surface area (Å²) in [4.78, 5) is 15.3. The molecule has 0 atom stereocenters. The van der Waals surface area contributed by atoms with Crippen LogP contribution in [-0.4, -0.2) is 15.0 Å². The summed E-state index contributed by atoms with van der Waals surface area (Å²) in [7, 11) is 0. The van der Waals surface area contributed by atoms with Gasteiger partial charge in [0.25, 0.3) is 0 Å². The van der Waals surface area contributed by atoms with Crippen LogP contribution in [0.4, 0.5) is 0 Å². The Kier molecular flexibility index (Phi) is 5.75. The smallest absolute Gasteiger partial charge is 0.164 e. The first-order valence-corrected chi connectivity index (χ1v) is 16.2. The Bertz CT molecular complexity index is 2510. The second-order valence-electron chi connectivity index (χ2n) is 12.3. The quantitative estimate of drug-likeness (QED) is 0.199. The van der Waals surface area contributed by atoms with E-state index in [0.717, 1.165) is 50.1 Å². The van der Waals surface area contributed by atoms with Crippen molar-refractivity contribution in [1.82, 2.24) is 15.0 Å². The van der Waals surface area contributed by atoms with Gasteiger partial charge in [-0.1, -0.05) is 146 Å². The zero-order chi connectivity index (χ0) is 31.7. The molecule has 0 N–H and O–H groups in total. The minimum atomic E-state index is -0.516. The van der Waals surface area contributed by atoms with Gasteiger partial charge in [0.1, 0.15) is 11.5 Å². The standard InChI is InChI=1S/C44H27N3O/c1-2-14-29(15-3-1)41-45-42(47-43(46-41)33-19-12-16-28-13-4-5-17-31(28)33)30-25-26-36-34(27-30)32-18-6-7-20-35(32)44(36)37-21-8-10-23-39(37)48-40-24-11-9-22-38(40)44/h1-27H. The lowest BCUT2D eigenvalue weighted by molar-refractivity contribution is 0.436. The number of rotatable bonds is 3. The average molecular weight is 614 g/mol. The molecule has 0 saturated heterocycles. The van der Waals surface area contributed by atoms with Gasteiger partial charge in [0.2, 0.25) is 0 Å². The number of benzene rings is 7. The minimum absolute atomic E-state index is 0.516. The van der Waals surface area contributed by atoms with E-state index >= 15 is 0 Å². The summed E-state index contributed by atoms with van der Waals surface area (Å²) in [6, 6.07) is 57.2. The fraction of sp³-hybridized carbons (Fsp3) is 0.0227. The molecule has 7 aromatic carbocycles. The van der Waals surface area contributed by atoms with Crippen LogP contribution in [0.2, 0.25) is 0 Å². The van der Waals surface area contributed by atoms with Crippen LogP contribution in [0.25, 0.3) is 56.1 Å². The Balaban J connectivity index is 1.23. The van der Waals surface area contributed by atoms with Crippen LogP contribution in [0.5, 0.6) is 11.5 Å². The zero-order valence-electron chi connectivity index (χ0n) is 25.8. The predicted molar refractivity (Wildman–Crippen MR) is 191 cm³/mol. The molecule has 8 aromatic rings. The van der Waals surface area contributed by atoms with Gasteiger partial charge >= 0.3 is 0 Å². The number of nitrogens with zero attached hydrogens (tertiary/aromatic N) is 3. The third kappa shape index (κ3) is 3.80. The molecule has 1 spiro atoms. The van der Waals surface area contributed by atoms with E-state index < -0.39 is 5.41 Å². The van der Waals surface area contributed by atoms with E-state index in [-0.39, 0.29) is 0 Å². The molecule has 4 heteroatoms. The first-order chi connectivity index (χ1) is 23.8. The lowest BCUT2D eigenvalue weighted by Gasteiger charge is -2.39. The van der Waals surface area contributed by atoms with E-state index in [1.54, 1.807) is 0 Å². The Hall–Kier alpha value is -6.39. The zero-order valence-corrected chi connectivity index (χ0v) is 25.8. The van der Waals surface area contributed by atoms with Crippen molar-refractivity contribution in [3.63, 3.8) is 0 Å².